The van der Waals surface area contributed by atoms with Crippen LogP contribution in [0.4, 0.5) is 14.7 Å². The van der Waals surface area contributed by atoms with Crippen LogP contribution >= 0.6 is 0 Å². The minimum absolute atomic E-state index is 0.00449. The number of anilines is 1. The summed E-state index contributed by atoms with van der Waals surface area (Å²) < 4.78 is 31.7. The Bertz CT molecular complexity index is 905. The highest BCUT2D eigenvalue weighted by Crippen LogP contribution is 2.27. The molecule has 0 saturated heterocycles. The fraction of sp³-hybridized carbons (Fsp3) is 0.200. The molecule has 0 atom stereocenters. The molecule has 2 N–H and O–H groups in total. The number of nitrogens with one attached hydrogen (secondary N) is 2. The Hall–Kier alpha value is -3.30. The number of amides is 1. The summed E-state index contributed by atoms with van der Waals surface area (Å²) in [5, 5.41) is 12.7. The Labute approximate surface area is 140 Å². The van der Waals surface area contributed by atoms with Crippen molar-refractivity contribution < 1.29 is 18.3 Å². The van der Waals surface area contributed by atoms with Gasteiger partial charge >= 0.3 is 0 Å². The van der Waals surface area contributed by atoms with Gasteiger partial charge in [-0.2, -0.15) is 10.1 Å². The molecule has 1 aromatic carbocycles. The van der Waals surface area contributed by atoms with Crippen molar-refractivity contribution in [3.05, 3.63) is 41.7 Å². The number of para-hydroxylation sites is 1. The van der Waals surface area contributed by atoms with Gasteiger partial charge in [-0.25, -0.2) is 8.78 Å². The third-order valence-electron chi connectivity index (χ3n) is 3.45. The van der Waals surface area contributed by atoms with Crippen LogP contribution in [-0.2, 0) is 7.05 Å². The maximum atomic E-state index is 12.8. The van der Waals surface area contributed by atoms with Crippen LogP contribution in [0.2, 0.25) is 0 Å². The zero-order chi connectivity index (χ0) is 18.0. The van der Waals surface area contributed by atoms with Gasteiger partial charge in [-0.1, -0.05) is 12.1 Å². The van der Waals surface area contributed by atoms with Crippen LogP contribution in [0.5, 0.6) is 5.75 Å². The van der Waals surface area contributed by atoms with Crippen LogP contribution in [0.15, 0.2) is 30.3 Å². The lowest BCUT2D eigenvalue weighted by molar-refractivity contribution is 0.102. The molecule has 1 amide bonds. The van der Waals surface area contributed by atoms with Crippen LogP contribution in [-0.4, -0.2) is 38.0 Å². The molecule has 8 nitrogen and oxygen atoms in total. The number of aryl methyl sites for hydroxylation is 1. The molecule has 0 fully saturated rings. The molecule has 3 rings (SSSR count). The number of benzene rings is 1. The normalized spacial score (nSPS) is 10.9. The van der Waals surface area contributed by atoms with Gasteiger partial charge in [0, 0.05) is 7.05 Å². The summed E-state index contributed by atoms with van der Waals surface area (Å²) in [5.74, 6) is 0.285. The quantitative estimate of drug-likeness (QED) is 0.738. The lowest BCUT2D eigenvalue weighted by atomic mass is 10.2. The Morgan fingerprint density at radius 3 is 2.80 bits per heavy atom. The number of rotatable bonds is 5. The Morgan fingerprint density at radius 2 is 2.12 bits per heavy atom. The number of halogens is 2. The lowest BCUT2D eigenvalue weighted by Gasteiger charge is -2.04. The maximum Gasteiger partial charge on any atom is 0.280 e. The van der Waals surface area contributed by atoms with E-state index in [4.69, 9.17) is 4.74 Å². The number of hydrogen-bond donors (Lipinski definition) is 2. The Balaban J connectivity index is 1.79. The summed E-state index contributed by atoms with van der Waals surface area (Å²) in [6.45, 7) is 0. The zero-order valence-electron chi connectivity index (χ0n) is 13.3. The minimum atomic E-state index is -2.72. The van der Waals surface area contributed by atoms with Gasteiger partial charge in [0.1, 0.15) is 11.4 Å². The van der Waals surface area contributed by atoms with Crippen molar-refractivity contribution in [1.29, 1.82) is 0 Å². The fourth-order valence-corrected chi connectivity index (χ4v) is 2.24. The van der Waals surface area contributed by atoms with Gasteiger partial charge < -0.3 is 4.74 Å². The fourth-order valence-electron chi connectivity index (χ4n) is 2.24. The first kappa shape index (κ1) is 16.6. The van der Waals surface area contributed by atoms with E-state index in [0.717, 1.165) is 10.7 Å². The molecule has 0 aliphatic rings. The van der Waals surface area contributed by atoms with Crippen molar-refractivity contribution in [2.75, 3.05) is 12.4 Å². The van der Waals surface area contributed by atoms with Crippen LogP contribution in [0, 0.1) is 0 Å². The van der Waals surface area contributed by atoms with Crippen molar-refractivity contribution in [2.45, 2.75) is 6.43 Å². The third kappa shape index (κ3) is 3.32. The van der Waals surface area contributed by atoms with Gasteiger partial charge in [-0.05, 0) is 18.2 Å². The first-order chi connectivity index (χ1) is 12.0. The van der Waals surface area contributed by atoms with Gasteiger partial charge in [0.15, 0.2) is 11.5 Å². The summed E-state index contributed by atoms with van der Waals surface area (Å²) in [5.41, 5.74) is 0.159. The van der Waals surface area contributed by atoms with Crippen LogP contribution in [0.25, 0.3) is 11.4 Å². The molecule has 2 heterocycles. The minimum Gasteiger partial charge on any atom is -0.496 e. The molecule has 2 aromatic heterocycles. The number of carbonyl (C=O) groups excluding carboxylic acids is 1. The predicted octanol–water partition coefficient (Wildman–Crippen LogP) is 2.40. The van der Waals surface area contributed by atoms with Gasteiger partial charge in [0.2, 0.25) is 5.95 Å². The van der Waals surface area contributed by atoms with Crippen molar-refractivity contribution in [2.24, 2.45) is 7.05 Å². The second-order valence-corrected chi connectivity index (χ2v) is 5.04. The molecule has 0 aliphatic heterocycles. The highest BCUT2D eigenvalue weighted by Gasteiger charge is 2.20. The van der Waals surface area contributed by atoms with Crippen molar-refractivity contribution >= 4 is 11.9 Å². The summed E-state index contributed by atoms with van der Waals surface area (Å²) in [6, 6.07) is 8.17. The summed E-state index contributed by atoms with van der Waals surface area (Å²) in [7, 11) is 2.87. The number of ether oxygens (including phenoxy) is 1. The molecule has 0 spiro atoms. The summed E-state index contributed by atoms with van der Waals surface area (Å²) in [6.07, 6.45) is -2.72. The molecular weight excluding hydrogens is 334 g/mol. The molecule has 0 aliphatic carbocycles. The molecule has 10 heteroatoms. The van der Waals surface area contributed by atoms with E-state index in [1.807, 2.05) is 6.07 Å². The van der Waals surface area contributed by atoms with Crippen LogP contribution in [0.1, 0.15) is 22.6 Å². The topological polar surface area (TPSA) is 97.7 Å². The van der Waals surface area contributed by atoms with Crippen molar-refractivity contribution in [1.82, 2.24) is 25.0 Å². The number of hydrogen-bond acceptors (Lipinski definition) is 5. The van der Waals surface area contributed by atoms with E-state index in [0.29, 0.717) is 17.1 Å². The highest BCUT2D eigenvalue weighted by molar-refractivity contribution is 6.02. The smallest absolute Gasteiger partial charge is 0.280 e. The number of aromatic nitrogens is 5. The molecule has 25 heavy (non-hydrogen) atoms. The average molecular weight is 348 g/mol. The number of aromatic amines is 1. The van der Waals surface area contributed by atoms with Crippen molar-refractivity contribution in [3.63, 3.8) is 0 Å². The van der Waals surface area contributed by atoms with Gasteiger partial charge in [-0.3, -0.25) is 19.9 Å². The third-order valence-corrected chi connectivity index (χ3v) is 3.45. The second-order valence-electron chi connectivity index (χ2n) is 5.04. The van der Waals surface area contributed by atoms with E-state index in [2.05, 4.69) is 25.6 Å². The lowest BCUT2D eigenvalue weighted by Crippen LogP contribution is -2.14. The first-order valence-corrected chi connectivity index (χ1v) is 7.19. The Morgan fingerprint density at radius 1 is 1.36 bits per heavy atom. The number of methoxy groups -OCH3 is 1. The van der Waals surface area contributed by atoms with Crippen LogP contribution in [0.3, 0.4) is 0 Å². The van der Waals surface area contributed by atoms with E-state index in [-0.39, 0.29) is 17.3 Å². The zero-order valence-corrected chi connectivity index (χ0v) is 13.3. The van der Waals surface area contributed by atoms with Gasteiger partial charge in [0.05, 0.1) is 12.7 Å². The number of nitrogens with zero attached hydrogens (tertiary/aromatic N) is 4. The van der Waals surface area contributed by atoms with Gasteiger partial charge in [0.25, 0.3) is 12.3 Å². The molecule has 0 radical (unpaired) electrons. The van der Waals surface area contributed by atoms with E-state index < -0.39 is 12.3 Å². The molecule has 130 valence electrons. The van der Waals surface area contributed by atoms with E-state index in [1.165, 1.54) is 14.2 Å². The molecule has 0 unspecified atom stereocenters. The summed E-state index contributed by atoms with van der Waals surface area (Å²) in [4.78, 5) is 16.3. The highest BCUT2D eigenvalue weighted by atomic mass is 19.3. The number of carbonyl (C=O) groups is 1. The van der Waals surface area contributed by atoms with Gasteiger partial charge in [-0.15, -0.1) is 5.10 Å². The number of alkyl halides is 2. The molecule has 3 aromatic rings. The number of H-pyrrole nitrogens is 1. The molecule has 0 saturated carbocycles. The Kier molecular flexibility index (Phi) is 4.42. The molecular formula is C15H14F2N6O2. The largest absolute Gasteiger partial charge is 0.496 e. The predicted molar refractivity (Wildman–Crippen MR) is 84.5 cm³/mol. The summed E-state index contributed by atoms with van der Waals surface area (Å²) >= 11 is 0. The second kappa shape index (κ2) is 6.67. The standard InChI is InChI=1S/C15H14F2N6O2/c1-23-10(12(16)17)7-9(22-23)14(24)19-15-18-13(20-21-15)8-5-3-4-6-11(8)25-2/h3-7,12H,1-2H3,(H2,18,19,20,21,24). The molecule has 0 bridgehead atoms. The van der Waals surface area contributed by atoms with Crippen LogP contribution < -0.4 is 10.1 Å². The van der Waals surface area contributed by atoms with E-state index in [1.54, 1.807) is 18.2 Å². The monoisotopic (exact) mass is 348 g/mol. The van der Waals surface area contributed by atoms with E-state index in [9.17, 15) is 13.6 Å². The van der Waals surface area contributed by atoms with Crippen molar-refractivity contribution in [3.8, 4) is 17.1 Å². The van der Waals surface area contributed by atoms with E-state index >= 15 is 0 Å². The SMILES string of the molecule is COc1ccccc1-c1nc(NC(=O)c2cc(C(F)F)n(C)n2)n[nH]1. The average Bonchev–Trinajstić information content (AvgIpc) is 3.21. The first-order valence-electron chi connectivity index (χ1n) is 7.19. The maximum absolute atomic E-state index is 12.8.